The maximum atomic E-state index is 13.0. The minimum atomic E-state index is -0.555. The average molecular weight is 483 g/mol. The quantitative estimate of drug-likeness (QED) is 0.255. The number of anilines is 3. The maximum Gasteiger partial charge on any atom is 0.274 e. The predicted molar refractivity (Wildman–Crippen MR) is 135 cm³/mol. The number of hydrogen-bond donors (Lipinski definition) is 3. The third kappa shape index (κ3) is 4.75. The zero-order valence-electron chi connectivity index (χ0n) is 18.9. The number of hydrogen-bond acceptors (Lipinski definition) is 6. The van der Waals surface area contributed by atoms with E-state index in [1.807, 2.05) is 55.5 Å². The summed E-state index contributed by atoms with van der Waals surface area (Å²) in [4.78, 5) is 33.3. The topological polar surface area (TPSA) is 94.6 Å². The normalized spacial score (nSPS) is 11.9. The van der Waals surface area contributed by atoms with Crippen molar-refractivity contribution in [2.75, 3.05) is 10.2 Å². The predicted octanol–water partition coefficient (Wildman–Crippen LogP) is 5.56. The van der Waals surface area contributed by atoms with Crippen LogP contribution < -0.4 is 15.7 Å². The smallest absolute Gasteiger partial charge is 0.274 e. The van der Waals surface area contributed by atoms with Crippen molar-refractivity contribution in [3.8, 4) is 0 Å². The molecule has 4 aromatic rings. The molecule has 0 spiro atoms. The van der Waals surface area contributed by atoms with Crippen LogP contribution in [0.25, 0.3) is 0 Å². The van der Waals surface area contributed by atoms with Crippen molar-refractivity contribution >= 4 is 40.8 Å². The molecule has 5 rings (SSSR count). The van der Waals surface area contributed by atoms with Gasteiger partial charge in [-0.1, -0.05) is 42.1 Å². The number of hydroxylamine groups is 1. The van der Waals surface area contributed by atoms with Crippen molar-refractivity contribution in [1.82, 2.24) is 10.5 Å². The molecule has 1 aliphatic heterocycles. The second-order valence-corrected chi connectivity index (χ2v) is 9.23. The van der Waals surface area contributed by atoms with Crippen LogP contribution in [0.3, 0.4) is 0 Å². The maximum absolute atomic E-state index is 13.0. The molecule has 0 radical (unpaired) electrons. The van der Waals surface area contributed by atoms with E-state index in [0.29, 0.717) is 23.5 Å². The fraction of sp³-hybridized carbons (Fsp3) is 0.0741. The van der Waals surface area contributed by atoms with Gasteiger partial charge in [0.25, 0.3) is 11.8 Å². The zero-order chi connectivity index (χ0) is 24.4. The summed E-state index contributed by atoms with van der Waals surface area (Å²) in [6.45, 7) is 2.48. The van der Waals surface area contributed by atoms with E-state index >= 15 is 0 Å². The third-order valence-corrected chi connectivity index (χ3v) is 6.83. The summed E-state index contributed by atoms with van der Waals surface area (Å²) in [6, 6.07) is 24.6. The minimum absolute atomic E-state index is 0.229. The van der Waals surface area contributed by atoms with Crippen LogP contribution in [-0.4, -0.2) is 22.0 Å². The summed E-state index contributed by atoms with van der Waals surface area (Å²) in [5.41, 5.74) is 6.52. The summed E-state index contributed by atoms with van der Waals surface area (Å²) in [7, 11) is 0. The van der Waals surface area contributed by atoms with Crippen molar-refractivity contribution in [3.63, 3.8) is 0 Å². The van der Waals surface area contributed by atoms with Gasteiger partial charge in [0.15, 0.2) is 0 Å². The van der Waals surface area contributed by atoms with E-state index in [9.17, 15) is 9.59 Å². The number of benzene rings is 3. The highest BCUT2D eigenvalue weighted by atomic mass is 32.2. The molecule has 3 aromatic carbocycles. The summed E-state index contributed by atoms with van der Waals surface area (Å²) >= 11 is 1.67. The van der Waals surface area contributed by atoms with Crippen molar-refractivity contribution in [3.05, 3.63) is 107 Å². The lowest BCUT2D eigenvalue weighted by atomic mass is 10.1. The first-order chi connectivity index (χ1) is 17.0. The lowest BCUT2D eigenvalue weighted by Gasteiger charge is -2.33. The van der Waals surface area contributed by atoms with Gasteiger partial charge in [0, 0.05) is 33.7 Å². The van der Waals surface area contributed by atoms with Crippen LogP contribution >= 0.6 is 11.8 Å². The number of amides is 2. The SMILES string of the molecule is Cc1ccc(NC(=O)c2ccc3c(c2)N(Cc2ccc(C(=O)NO)cc2)c2ccccc2S3)nc1. The van der Waals surface area contributed by atoms with Crippen LogP contribution in [0.2, 0.25) is 0 Å². The standard InChI is InChI=1S/C27H22N4O3S/c1-17-6-13-25(28-15-17)29-26(32)20-11-12-24-22(14-20)31(21-4-2-3-5-23(21)35-24)16-18-7-9-19(10-8-18)27(33)30-34/h2-15,34H,16H2,1H3,(H,30,33)(H,28,29,32). The van der Waals surface area contributed by atoms with Gasteiger partial charge in [0.2, 0.25) is 0 Å². The number of para-hydroxylation sites is 1. The molecule has 2 heterocycles. The largest absolute Gasteiger partial charge is 0.335 e. The summed E-state index contributed by atoms with van der Waals surface area (Å²) in [5, 5.41) is 11.7. The van der Waals surface area contributed by atoms with Gasteiger partial charge in [0.05, 0.1) is 11.4 Å². The number of fused-ring (bicyclic) bond motifs is 2. The lowest BCUT2D eigenvalue weighted by molar-refractivity contribution is 0.0706. The van der Waals surface area contributed by atoms with Crippen LogP contribution in [0.5, 0.6) is 0 Å². The Kier molecular flexibility index (Phi) is 6.22. The van der Waals surface area contributed by atoms with Crippen molar-refractivity contribution in [2.45, 2.75) is 23.3 Å². The second-order valence-electron chi connectivity index (χ2n) is 8.15. The molecule has 7 nitrogen and oxygen atoms in total. The van der Waals surface area contributed by atoms with Crippen LogP contribution in [0.4, 0.5) is 17.2 Å². The molecule has 1 aromatic heterocycles. The number of pyridine rings is 1. The Morgan fingerprint density at radius 1 is 0.886 bits per heavy atom. The first kappa shape index (κ1) is 22.6. The molecule has 0 bridgehead atoms. The number of nitrogens with one attached hydrogen (secondary N) is 2. The first-order valence-electron chi connectivity index (χ1n) is 11.0. The van der Waals surface area contributed by atoms with Gasteiger partial charge >= 0.3 is 0 Å². The highest BCUT2D eigenvalue weighted by Crippen LogP contribution is 2.48. The Bertz CT molecular complexity index is 1410. The van der Waals surface area contributed by atoms with Gasteiger partial charge in [0.1, 0.15) is 5.82 Å². The fourth-order valence-corrected chi connectivity index (χ4v) is 4.96. The molecule has 174 valence electrons. The molecule has 0 aliphatic carbocycles. The Morgan fingerprint density at radius 3 is 2.37 bits per heavy atom. The number of carbonyl (C=O) groups is 2. The van der Waals surface area contributed by atoms with E-state index in [4.69, 9.17) is 5.21 Å². The van der Waals surface area contributed by atoms with E-state index in [1.54, 1.807) is 41.6 Å². The molecule has 0 atom stereocenters. The van der Waals surface area contributed by atoms with Crippen molar-refractivity contribution in [2.24, 2.45) is 0 Å². The molecule has 0 saturated heterocycles. The Balaban J connectivity index is 1.47. The van der Waals surface area contributed by atoms with E-state index in [0.717, 1.165) is 32.3 Å². The Labute approximate surface area is 206 Å². The molecule has 35 heavy (non-hydrogen) atoms. The number of nitrogens with zero attached hydrogens (tertiary/aromatic N) is 2. The van der Waals surface area contributed by atoms with Gasteiger partial charge < -0.3 is 10.2 Å². The number of rotatable bonds is 5. The number of aryl methyl sites for hydroxylation is 1. The molecular weight excluding hydrogens is 460 g/mol. The molecular formula is C27H22N4O3S. The van der Waals surface area contributed by atoms with E-state index in [2.05, 4.69) is 27.3 Å². The highest BCUT2D eigenvalue weighted by Gasteiger charge is 2.25. The third-order valence-electron chi connectivity index (χ3n) is 5.70. The van der Waals surface area contributed by atoms with Crippen molar-refractivity contribution < 1.29 is 14.8 Å². The number of aromatic nitrogens is 1. The molecule has 2 amide bonds. The van der Waals surface area contributed by atoms with Crippen LogP contribution in [-0.2, 0) is 6.54 Å². The molecule has 0 unspecified atom stereocenters. The second kappa shape index (κ2) is 9.61. The minimum Gasteiger partial charge on any atom is -0.335 e. The Morgan fingerprint density at radius 2 is 1.63 bits per heavy atom. The summed E-state index contributed by atoms with van der Waals surface area (Å²) < 4.78 is 0. The van der Waals surface area contributed by atoms with Gasteiger partial charge in [-0.15, -0.1) is 0 Å². The van der Waals surface area contributed by atoms with Crippen molar-refractivity contribution in [1.29, 1.82) is 0 Å². The molecule has 0 saturated carbocycles. The molecule has 0 fully saturated rings. The number of carbonyl (C=O) groups excluding carboxylic acids is 2. The zero-order valence-corrected chi connectivity index (χ0v) is 19.7. The highest BCUT2D eigenvalue weighted by molar-refractivity contribution is 7.99. The average Bonchev–Trinajstić information content (AvgIpc) is 2.89. The Hall–Kier alpha value is -4.14. The van der Waals surface area contributed by atoms with Crippen LogP contribution in [0.15, 0.2) is 94.9 Å². The van der Waals surface area contributed by atoms with Gasteiger partial charge in [-0.25, -0.2) is 10.5 Å². The molecule has 1 aliphatic rings. The molecule has 3 N–H and O–H groups in total. The van der Waals surface area contributed by atoms with Gasteiger partial charge in [-0.3, -0.25) is 14.8 Å². The summed E-state index contributed by atoms with van der Waals surface area (Å²) in [5.74, 6) is -0.283. The van der Waals surface area contributed by atoms with Crippen LogP contribution in [0, 0.1) is 6.92 Å². The fourth-order valence-electron chi connectivity index (χ4n) is 3.88. The van der Waals surface area contributed by atoms with E-state index in [-0.39, 0.29) is 5.91 Å². The van der Waals surface area contributed by atoms with Crippen LogP contribution in [0.1, 0.15) is 31.8 Å². The van der Waals surface area contributed by atoms with Gasteiger partial charge in [-0.05, 0) is 66.6 Å². The monoisotopic (exact) mass is 482 g/mol. The van der Waals surface area contributed by atoms with Gasteiger partial charge in [-0.2, -0.15) is 0 Å². The van der Waals surface area contributed by atoms with E-state index in [1.165, 1.54) is 0 Å². The molecule has 8 heteroatoms. The lowest BCUT2D eigenvalue weighted by Crippen LogP contribution is -2.22. The summed E-state index contributed by atoms with van der Waals surface area (Å²) in [6.07, 6.45) is 1.72. The van der Waals surface area contributed by atoms with E-state index < -0.39 is 5.91 Å². The first-order valence-corrected chi connectivity index (χ1v) is 11.8.